The summed E-state index contributed by atoms with van der Waals surface area (Å²) in [7, 11) is 0. The molecule has 2 atom stereocenters. The molecule has 2 rings (SSSR count). The van der Waals surface area contributed by atoms with Gasteiger partial charge < -0.3 is 0 Å². The molecule has 0 spiro atoms. The van der Waals surface area contributed by atoms with E-state index in [0.29, 0.717) is 11.7 Å². The first-order valence-electron chi connectivity index (χ1n) is 3.40. The Kier molecular flexibility index (Phi) is 0.758. The van der Waals surface area contributed by atoms with Gasteiger partial charge >= 0.3 is 0 Å². The second-order valence-electron chi connectivity index (χ2n) is 2.95. The van der Waals surface area contributed by atoms with Gasteiger partial charge in [-0.15, -0.1) is 0 Å². The van der Waals surface area contributed by atoms with Gasteiger partial charge in [0.1, 0.15) is 5.78 Å². The third-order valence-electron chi connectivity index (χ3n) is 2.59. The predicted molar refractivity (Wildman–Crippen MR) is 30.5 cm³/mol. The van der Waals surface area contributed by atoms with E-state index >= 15 is 0 Å². The molecule has 1 nitrogen and oxygen atoms in total. The van der Waals surface area contributed by atoms with Crippen molar-refractivity contribution >= 4 is 5.78 Å². The molecule has 44 valence electrons. The van der Waals surface area contributed by atoms with Crippen molar-refractivity contribution in [3.8, 4) is 0 Å². The summed E-state index contributed by atoms with van der Waals surface area (Å²) in [5, 5.41) is 0. The molecule has 2 fully saturated rings. The second-order valence-corrected chi connectivity index (χ2v) is 2.95. The number of hydrogen-bond donors (Lipinski definition) is 0. The van der Waals surface area contributed by atoms with Crippen LogP contribution in [-0.4, -0.2) is 5.78 Å². The van der Waals surface area contributed by atoms with Crippen LogP contribution in [0.15, 0.2) is 0 Å². The third-order valence-corrected chi connectivity index (χ3v) is 2.59. The molecule has 0 unspecified atom stereocenters. The number of Topliss-reactive ketones (excluding diaryl/α,β-unsaturated/α-hetero) is 1. The van der Waals surface area contributed by atoms with E-state index in [-0.39, 0.29) is 0 Å². The zero-order valence-electron chi connectivity index (χ0n) is 4.89. The molecule has 2 aliphatic rings. The molecule has 1 heteroatoms. The van der Waals surface area contributed by atoms with Crippen LogP contribution in [-0.2, 0) is 4.79 Å². The summed E-state index contributed by atoms with van der Waals surface area (Å²) >= 11 is 0. The molecule has 0 heterocycles. The normalized spacial score (nSPS) is 43.8. The molecule has 0 aromatic rings. The lowest BCUT2D eigenvalue weighted by Gasteiger charge is -2.27. The van der Waals surface area contributed by atoms with Crippen LogP contribution < -0.4 is 0 Å². The van der Waals surface area contributed by atoms with Crippen LogP contribution in [0.3, 0.4) is 0 Å². The summed E-state index contributed by atoms with van der Waals surface area (Å²) in [5.41, 5.74) is 0. The molecule has 0 saturated heterocycles. The first-order chi connectivity index (χ1) is 3.88. The van der Waals surface area contributed by atoms with E-state index in [4.69, 9.17) is 0 Å². The van der Waals surface area contributed by atoms with Crippen molar-refractivity contribution in [3.63, 3.8) is 0 Å². The molecule has 0 aromatic carbocycles. The first kappa shape index (κ1) is 4.54. The van der Waals surface area contributed by atoms with Crippen LogP contribution in [0.5, 0.6) is 0 Å². The largest absolute Gasteiger partial charge is 0.299 e. The Bertz CT molecular complexity index is 128. The van der Waals surface area contributed by atoms with Crippen molar-refractivity contribution in [3.05, 3.63) is 0 Å². The zero-order valence-corrected chi connectivity index (χ0v) is 4.89. The minimum Gasteiger partial charge on any atom is -0.299 e. The maximum absolute atomic E-state index is 10.8. The second kappa shape index (κ2) is 1.34. The maximum Gasteiger partial charge on any atom is 0.136 e. The fraction of sp³-hybridized carbons (Fsp3) is 0.857. The Morgan fingerprint density at radius 2 is 2.12 bits per heavy atom. The van der Waals surface area contributed by atoms with E-state index in [1.807, 2.05) is 0 Å². The fourth-order valence-electron chi connectivity index (χ4n) is 1.85. The van der Waals surface area contributed by atoms with Gasteiger partial charge in [0.15, 0.2) is 0 Å². The summed E-state index contributed by atoms with van der Waals surface area (Å²) in [6.45, 7) is 0. The van der Waals surface area contributed by atoms with E-state index < -0.39 is 0 Å². The summed E-state index contributed by atoms with van der Waals surface area (Å²) in [6.07, 6.45) is 4.61. The lowest BCUT2D eigenvalue weighted by Crippen LogP contribution is -2.24. The lowest BCUT2D eigenvalue weighted by atomic mass is 9.76. The first-order valence-corrected chi connectivity index (χ1v) is 3.40. The van der Waals surface area contributed by atoms with Gasteiger partial charge in [-0.05, 0) is 25.2 Å². The van der Waals surface area contributed by atoms with Gasteiger partial charge in [-0.25, -0.2) is 0 Å². The predicted octanol–water partition coefficient (Wildman–Crippen LogP) is 1.38. The van der Waals surface area contributed by atoms with Gasteiger partial charge in [0.05, 0.1) is 0 Å². The monoisotopic (exact) mass is 110 g/mol. The minimum atomic E-state index is 0.523. The summed E-state index contributed by atoms with van der Waals surface area (Å²) < 4.78 is 0. The maximum atomic E-state index is 10.8. The molecule has 0 N–H and O–H groups in total. The highest BCUT2D eigenvalue weighted by atomic mass is 16.1. The van der Waals surface area contributed by atoms with E-state index in [1.54, 1.807) is 0 Å². The fourth-order valence-corrected chi connectivity index (χ4v) is 1.85. The number of ketones is 1. The summed E-state index contributed by atoms with van der Waals surface area (Å²) in [5.74, 6) is 1.89. The van der Waals surface area contributed by atoms with Crippen LogP contribution in [0.1, 0.15) is 25.7 Å². The molecular formula is C7H10O. The van der Waals surface area contributed by atoms with Gasteiger partial charge in [0.2, 0.25) is 0 Å². The number of carbonyl (C=O) groups excluding carboxylic acids is 1. The summed E-state index contributed by atoms with van der Waals surface area (Å²) in [6, 6.07) is 0. The van der Waals surface area contributed by atoms with Gasteiger partial charge in [0, 0.05) is 12.3 Å². The van der Waals surface area contributed by atoms with E-state index in [0.717, 1.165) is 12.3 Å². The standard InChI is InChI=1S/C7H10O/c8-7-4-2-5-1-3-6(5)7/h5-6H,1-4H2/t5-,6-/m0/s1. The molecule has 8 heavy (non-hydrogen) atoms. The Morgan fingerprint density at radius 1 is 1.25 bits per heavy atom. The quantitative estimate of drug-likeness (QED) is 0.460. The molecular weight excluding hydrogens is 100 g/mol. The van der Waals surface area contributed by atoms with Crippen molar-refractivity contribution in [2.45, 2.75) is 25.7 Å². The Hall–Kier alpha value is -0.330. The smallest absolute Gasteiger partial charge is 0.136 e. The lowest BCUT2D eigenvalue weighted by molar-refractivity contribution is -0.123. The Balaban J connectivity index is 2.15. The van der Waals surface area contributed by atoms with E-state index in [1.165, 1.54) is 19.3 Å². The number of hydrogen-bond acceptors (Lipinski definition) is 1. The Labute approximate surface area is 49.1 Å². The van der Waals surface area contributed by atoms with Crippen LogP contribution in [0.4, 0.5) is 0 Å². The van der Waals surface area contributed by atoms with Crippen molar-refractivity contribution in [1.82, 2.24) is 0 Å². The highest BCUT2D eigenvalue weighted by Crippen LogP contribution is 2.44. The molecule has 2 saturated carbocycles. The third kappa shape index (κ3) is 0.396. The van der Waals surface area contributed by atoms with Gasteiger partial charge in [-0.3, -0.25) is 4.79 Å². The minimum absolute atomic E-state index is 0.523. The van der Waals surface area contributed by atoms with Crippen molar-refractivity contribution < 1.29 is 4.79 Å². The summed E-state index contributed by atoms with van der Waals surface area (Å²) in [4.78, 5) is 10.8. The van der Waals surface area contributed by atoms with Gasteiger partial charge in [-0.2, -0.15) is 0 Å². The molecule has 0 bridgehead atoms. The van der Waals surface area contributed by atoms with Crippen molar-refractivity contribution in [1.29, 1.82) is 0 Å². The van der Waals surface area contributed by atoms with Crippen LogP contribution >= 0.6 is 0 Å². The Morgan fingerprint density at radius 3 is 2.38 bits per heavy atom. The number of carbonyl (C=O) groups is 1. The van der Waals surface area contributed by atoms with Crippen LogP contribution in [0.2, 0.25) is 0 Å². The van der Waals surface area contributed by atoms with E-state index in [9.17, 15) is 4.79 Å². The van der Waals surface area contributed by atoms with Gasteiger partial charge in [0.25, 0.3) is 0 Å². The van der Waals surface area contributed by atoms with E-state index in [2.05, 4.69) is 0 Å². The van der Waals surface area contributed by atoms with Gasteiger partial charge in [-0.1, -0.05) is 0 Å². The van der Waals surface area contributed by atoms with Crippen LogP contribution in [0, 0.1) is 11.8 Å². The highest BCUT2D eigenvalue weighted by molar-refractivity contribution is 5.84. The highest BCUT2D eigenvalue weighted by Gasteiger charge is 2.40. The number of fused-ring (bicyclic) bond motifs is 1. The molecule has 0 aliphatic heterocycles. The topological polar surface area (TPSA) is 17.1 Å². The molecule has 0 amide bonds. The number of rotatable bonds is 0. The molecule has 2 aliphatic carbocycles. The zero-order chi connectivity index (χ0) is 5.56. The average Bonchev–Trinajstić information content (AvgIpc) is 1.80. The average molecular weight is 110 g/mol. The molecule has 0 radical (unpaired) electrons. The molecule has 0 aromatic heterocycles. The van der Waals surface area contributed by atoms with Crippen molar-refractivity contribution in [2.24, 2.45) is 11.8 Å². The SMILES string of the molecule is O=C1CC[C@@H]2CC[C@H]12. The van der Waals surface area contributed by atoms with Crippen molar-refractivity contribution in [2.75, 3.05) is 0 Å². The van der Waals surface area contributed by atoms with Crippen LogP contribution in [0.25, 0.3) is 0 Å².